The first-order valence-electron chi connectivity index (χ1n) is 5.15. The molecule has 2 aromatic rings. The molecule has 0 bridgehead atoms. The van der Waals surface area contributed by atoms with E-state index in [2.05, 4.69) is 15.9 Å². The molecule has 3 heteroatoms. The Hall–Kier alpha value is -1.61. The number of benzene rings is 2. The van der Waals surface area contributed by atoms with E-state index in [1.54, 1.807) is 31.4 Å². The second kappa shape index (κ2) is 5.15. The zero-order chi connectivity index (χ0) is 12.3. The highest BCUT2D eigenvalue weighted by Crippen LogP contribution is 2.25. The maximum atomic E-state index is 12.2. The molecular formula is C14H11BrO2. The van der Waals surface area contributed by atoms with Crippen molar-refractivity contribution in [3.63, 3.8) is 0 Å². The highest BCUT2D eigenvalue weighted by Gasteiger charge is 2.13. The minimum absolute atomic E-state index is 0.0325. The summed E-state index contributed by atoms with van der Waals surface area (Å²) in [6.45, 7) is 0. The van der Waals surface area contributed by atoms with Gasteiger partial charge in [-0.3, -0.25) is 4.79 Å². The third kappa shape index (κ3) is 2.56. The monoisotopic (exact) mass is 290 g/mol. The quantitative estimate of drug-likeness (QED) is 0.806. The van der Waals surface area contributed by atoms with Gasteiger partial charge in [0.1, 0.15) is 5.75 Å². The number of hydrogen-bond donors (Lipinski definition) is 0. The first-order chi connectivity index (χ1) is 8.22. The van der Waals surface area contributed by atoms with E-state index in [1.165, 1.54) is 0 Å². The van der Waals surface area contributed by atoms with Gasteiger partial charge in [-0.15, -0.1) is 0 Å². The lowest BCUT2D eigenvalue weighted by Crippen LogP contribution is -2.03. The predicted octanol–water partition coefficient (Wildman–Crippen LogP) is 3.69. The van der Waals surface area contributed by atoms with Gasteiger partial charge in [0.25, 0.3) is 0 Å². The summed E-state index contributed by atoms with van der Waals surface area (Å²) in [5.41, 5.74) is 1.23. The predicted molar refractivity (Wildman–Crippen MR) is 70.6 cm³/mol. The molecule has 0 radical (unpaired) electrons. The third-order valence-electron chi connectivity index (χ3n) is 2.44. The van der Waals surface area contributed by atoms with Crippen LogP contribution in [0.15, 0.2) is 53.0 Å². The van der Waals surface area contributed by atoms with E-state index in [9.17, 15) is 4.79 Å². The van der Waals surface area contributed by atoms with Crippen molar-refractivity contribution in [1.82, 2.24) is 0 Å². The second-order valence-electron chi connectivity index (χ2n) is 3.54. The van der Waals surface area contributed by atoms with Crippen molar-refractivity contribution >= 4 is 21.7 Å². The molecule has 0 N–H and O–H groups in total. The van der Waals surface area contributed by atoms with Crippen molar-refractivity contribution < 1.29 is 9.53 Å². The molecule has 2 aromatic carbocycles. The maximum absolute atomic E-state index is 12.2. The Morgan fingerprint density at radius 1 is 1.12 bits per heavy atom. The lowest BCUT2D eigenvalue weighted by atomic mass is 10.0. The van der Waals surface area contributed by atoms with Crippen molar-refractivity contribution in [2.24, 2.45) is 0 Å². The Kier molecular flexibility index (Phi) is 3.59. The smallest absolute Gasteiger partial charge is 0.196 e. The summed E-state index contributed by atoms with van der Waals surface area (Å²) >= 11 is 3.35. The van der Waals surface area contributed by atoms with Gasteiger partial charge in [-0.05, 0) is 18.2 Å². The molecule has 0 unspecified atom stereocenters. The van der Waals surface area contributed by atoms with Crippen LogP contribution >= 0.6 is 15.9 Å². The van der Waals surface area contributed by atoms with Crippen LogP contribution in [0.3, 0.4) is 0 Å². The summed E-state index contributed by atoms with van der Waals surface area (Å²) in [4.78, 5) is 12.2. The van der Waals surface area contributed by atoms with Crippen LogP contribution in [0, 0.1) is 0 Å². The highest BCUT2D eigenvalue weighted by molar-refractivity contribution is 9.10. The number of rotatable bonds is 3. The third-order valence-corrected chi connectivity index (χ3v) is 2.94. The Morgan fingerprint density at radius 2 is 1.82 bits per heavy atom. The number of hydrogen-bond acceptors (Lipinski definition) is 2. The van der Waals surface area contributed by atoms with Crippen LogP contribution in [0.2, 0.25) is 0 Å². The Bertz CT molecular complexity index is 535. The Balaban J connectivity index is 2.44. The number of ether oxygens (including phenoxy) is 1. The van der Waals surface area contributed by atoms with Crippen LogP contribution in [-0.2, 0) is 0 Å². The largest absolute Gasteiger partial charge is 0.496 e. The van der Waals surface area contributed by atoms with Gasteiger partial charge in [-0.25, -0.2) is 0 Å². The van der Waals surface area contributed by atoms with Gasteiger partial charge in [-0.2, -0.15) is 0 Å². The van der Waals surface area contributed by atoms with Crippen LogP contribution < -0.4 is 4.74 Å². The fourth-order valence-electron chi connectivity index (χ4n) is 1.60. The van der Waals surface area contributed by atoms with Crippen LogP contribution in [0.25, 0.3) is 0 Å². The summed E-state index contributed by atoms with van der Waals surface area (Å²) in [7, 11) is 1.56. The lowest BCUT2D eigenvalue weighted by molar-refractivity contribution is 0.103. The van der Waals surface area contributed by atoms with E-state index in [0.29, 0.717) is 16.9 Å². The average molecular weight is 291 g/mol. The molecule has 2 nitrogen and oxygen atoms in total. The Labute approximate surface area is 108 Å². The molecular weight excluding hydrogens is 280 g/mol. The molecule has 0 aromatic heterocycles. The summed E-state index contributed by atoms with van der Waals surface area (Å²) < 4.78 is 6.11. The van der Waals surface area contributed by atoms with Gasteiger partial charge in [0, 0.05) is 10.0 Å². The Morgan fingerprint density at radius 3 is 2.47 bits per heavy atom. The standard InChI is InChI=1S/C14H11BrO2/c1-17-13-9-11(15)7-8-12(13)14(16)10-5-3-2-4-6-10/h2-9H,1H3. The van der Waals surface area contributed by atoms with Gasteiger partial charge >= 0.3 is 0 Å². The SMILES string of the molecule is COc1cc(Br)ccc1C(=O)c1ccccc1. The van der Waals surface area contributed by atoms with Crippen LogP contribution in [-0.4, -0.2) is 12.9 Å². The normalized spacial score (nSPS) is 10.0. The second-order valence-corrected chi connectivity index (χ2v) is 4.46. The molecule has 0 aliphatic carbocycles. The minimum atomic E-state index is -0.0325. The van der Waals surface area contributed by atoms with Crippen molar-refractivity contribution in [2.75, 3.05) is 7.11 Å². The molecule has 0 amide bonds. The summed E-state index contributed by atoms with van der Waals surface area (Å²) in [5.74, 6) is 0.545. The van der Waals surface area contributed by atoms with Crippen molar-refractivity contribution in [3.05, 3.63) is 64.1 Å². The molecule has 0 saturated carbocycles. The number of ketones is 1. The summed E-state index contributed by atoms with van der Waals surface area (Å²) in [6, 6.07) is 14.5. The minimum Gasteiger partial charge on any atom is -0.496 e. The van der Waals surface area contributed by atoms with Gasteiger partial charge in [0.05, 0.1) is 12.7 Å². The van der Waals surface area contributed by atoms with Crippen LogP contribution in [0.4, 0.5) is 0 Å². The molecule has 0 saturated heterocycles. The van der Waals surface area contributed by atoms with Crippen molar-refractivity contribution in [1.29, 1.82) is 0 Å². The zero-order valence-electron chi connectivity index (χ0n) is 9.31. The molecule has 2 rings (SSSR count). The fraction of sp³-hybridized carbons (Fsp3) is 0.0714. The molecule has 0 fully saturated rings. The van der Waals surface area contributed by atoms with E-state index >= 15 is 0 Å². The first-order valence-corrected chi connectivity index (χ1v) is 5.95. The maximum Gasteiger partial charge on any atom is 0.196 e. The van der Waals surface area contributed by atoms with Gasteiger partial charge in [0.2, 0.25) is 0 Å². The first kappa shape index (κ1) is 11.9. The number of carbonyl (C=O) groups is 1. The molecule has 17 heavy (non-hydrogen) atoms. The summed E-state index contributed by atoms with van der Waals surface area (Å²) in [6.07, 6.45) is 0. The molecule has 0 aliphatic rings. The number of halogens is 1. The average Bonchev–Trinajstić information content (AvgIpc) is 2.39. The van der Waals surface area contributed by atoms with Gasteiger partial charge in [0.15, 0.2) is 5.78 Å². The summed E-state index contributed by atoms with van der Waals surface area (Å²) in [5, 5.41) is 0. The number of carbonyl (C=O) groups excluding carboxylic acids is 1. The molecule has 0 atom stereocenters. The van der Waals surface area contributed by atoms with Crippen LogP contribution in [0.5, 0.6) is 5.75 Å². The van der Waals surface area contributed by atoms with Crippen molar-refractivity contribution in [3.8, 4) is 5.75 Å². The fourth-order valence-corrected chi connectivity index (χ4v) is 1.94. The van der Waals surface area contributed by atoms with E-state index in [-0.39, 0.29) is 5.78 Å². The van der Waals surface area contributed by atoms with Gasteiger partial charge in [-0.1, -0.05) is 46.3 Å². The van der Waals surface area contributed by atoms with E-state index in [0.717, 1.165) is 4.47 Å². The van der Waals surface area contributed by atoms with E-state index in [4.69, 9.17) is 4.74 Å². The lowest BCUT2D eigenvalue weighted by Gasteiger charge is -2.08. The molecule has 0 aliphatic heterocycles. The van der Waals surface area contributed by atoms with E-state index in [1.807, 2.05) is 24.3 Å². The molecule has 0 spiro atoms. The van der Waals surface area contributed by atoms with Crippen molar-refractivity contribution in [2.45, 2.75) is 0 Å². The molecule has 86 valence electrons. The highest BCUT2D eigenvalue weighted by atomic mass is 79.9. The van der Waals surface area contributed by atoms with Gasteiger partial charge < -0.3 is 4.74 Å². The van der Waals surface area contributed by atoms with E-state index < -0.39 is 0 Å². The topological polar surface area (TPSA) is 26.3 Å². The zero-order valence-corrected chi connectivity index (χ0v) is 10.9. The molecule has 0 heterocycles. The van der Waals surface area contributed by atoms with Crippen LogP contribution in [0.1, 0.15) is 15.9 Å². The number of methoxy groups -OCH3 is 1.